The van der Waals surface area contributed by atoms with E-state index in [4.69, 9.17) is 16.7 Å². The van der Waals surface area contributed by atoms with Gasteiger partial charge in [0.1, 0.15) is 5.65 Å². The number of amides is 1. The van der Waals surface area contributed by atoms with E-state index in [0.29, 0.717) is 34.6 Å². The van der Waals surface area contributed by atoms with Crippen LogP contribution in [0, 0.1) is 0 Å². The van der Waals surface area contributed by atoms with Gasteiger partial charge in [0.2, 0.25) is 0 Å². The van der Waals surface area contributed by atoms with Crippen LogP contribution in [0.4, 0.5) is 4.79 Å². The number of carboxylic acid groups (broad SMARTS) is 1. The van der Waals surface area contributed by atoms with E-state index in [1.54, 1.807) is 6.07 Å². The van der Waals surface area contributed by atoms with Crippen molar-refractivity contribution in [1.82, 2.24) is 14.9 Å². The summed E-state index contributed by atoms with van der Waals surface area (Å²) in [5.74, 6) is 0. The number of H-pyrrole nitrogens is 1. The molecule has 7 heteroatoms. The van der Waals surface area contributed by atoms with Gasteiger partial charge in [0.25, 0.3) is 5.56 Å². The Labute approximate surface area is 112 Å². The van der Waals surface area contributed by atoms with E-state index in [0.717, 1.165) is 5.56 Å². The molecule has 1 aliphatic rings. The third-order valence-corrected chi connectivity index (χ3v) is 3.64. The Balaban J connectivity index is 2.27. The molecule has 1 aliphatic heterocycles. The second-order valence-corrected chi connectivity index (χ2v) is 4.79. The highest BCUT2D eigenvalue weighted by molar-refractivity contribution is 6.35. The molecule has 0 unspecified atom stereocenters. The molecule has 6 nitrogen and oxygen atoms in total. The number of aromatic nitrogens is 2. The first-order valence-electron chi connectivity index (χ1n) is 5.74. The molecule has 0 fully saturated rings. The number of pyridine rings is 2. The molecule has 0 radical (unpaired) electrons. The number of carbonyl (C=O) groups is 1. The molecule has 0 saturated heterocycles. The van der Waals surface area contributed by atoms with Crippen LogP contribution in [0.2, 0.25) is 5.02 Å². The molecule has 2 aromatic rings. The summed E-state index contributed by atoms with van der Waals surface area (Å²) < 4.78 is 0. The number of aromatic amines is 1. The second kappa shape index (κ2) is 4.24. The van der Waals surface area contributed by atoms with Gasteiger partial charge in [-0.3, -0.25) is 4.79 Å². The zero-order valence-electron chi connectivity index (χ0n) is 9.81. The molecule has 98 valence electrons. The molecule has 0 saturated carbocycles. The fourth-order valence-electron chi connectivity index (χ4n) is 2.41. The van der Waals surface area contributed by atoms with Gasteiger partial charge in [-0.1, -0.05) is 11.6 Å². The van der Waals surface area contributed by atoms with E-state index in [2.05, 4.69) is 9.97 Å². The van der Waals surface area contributed by atoms with Crippen LogP contribution in [0.5, 0.6) is 0 Å². The molecule has 0 spiro atoms. The van der Waals surface area contributed by atoms with Crippen LogP contribution < -0.4 is 5.56 Å². The summed E-state index contributed by atoms with van der Waals surface area (Å²) in [5, 5.41) is 10.2. The van der Waals surface area contributed by atoms with E-state index < -0.39 is 6.09 Å². The van der Waals surface area contributed by atoms with Gasteiger partial charge in [0, 0.05) is 23.7 Å². The minimum absolute atomic E-state index is 0.0845. The molecular formula is C12H10ClN3O3. The first-order chi connectivity index (χ1) is 9.08. The summed E-state index contributed by atoms with van der Waals surface area (Å²) in [7, 11) is 0. The maximum atomic E-state index is 12.0. The van der Waals surface area contributed by atoms with Crippen LogP contribution in [-0.2, 0) is 13.0 Å². The second-order valence-electron chi connectivity index (χ2n) is 4.38. The van der Waals surface area contributed by atoms with Crippen LogP contribution in [0.15, 0.2) is 17.1 Å². The highest BCUT2D eigenvalue weighted by atomic mass is 35.5. The Kier molecular flexibility index (Phi) is 2.67. The zero-order valence-corrected chi connectivity index (χ0v) is 10.6. The van der Waals surface area contributed by atoms with Gasteiger partial charge in [0.15, 0.2) is 0 Å². The van der Waals surface area contributed by atoms with Crippen molar-refractivity contribution in [2.45, 2.75) is 13.0 Å². The number of hydrogen-bond acceptors (Lipinski definition) is 3. The molecule has 1 amide bonds. The van der Waals surface area contributed by atoms with Gasteiger partial charge in [-0.05, 0) is 18.1 Å². The van der Waals surface area contributed by atoms with Crippen molar-refractivity contribution in [3.8, 4) is 0 Å². The van der Waals surface area contributed by atoms with Gasteiger partial charge in [-0.15, -0.1) is 0 Å². The van der Waals surface area contributed by atoms with Crippen molar-refractivity contribution in [3.05, 3.63) is 38.8 Å². The first kappa shape index (κ1) is 12.0. The number of nitrogens with one attached hydrogen (secondary N) is 1. The molecule has 2 aromatic heterocycles. The maximum absolute atomic E-state index is 12.0. The number of rotatable bonds is 0. The Morgan fingerprint density at radius 2 is 2.26 bits per heavy atom. The minimum atomic E-state index is -1.03. The molecule has 19 heavy (non-hydrogen) atoms. The lowest BCUT2D eigenvalue weighted by Crippen LogP contribution is -2.38. The lowest BCUT2D eigenvalue weighted by Gasteiger charge is -2.26. The largest absolute Gasteiger partial charge is 0.465 e. The average molecular weight is 280 g/mol. The van der Waals surface area contributed by atoms with E-state index >= 15 is 0 Å². The summed E-state index contributed by atoms with van der Waals surface area (Å²) in [5.41, 5.74) is 1.40. The Morgan fingerprint density at radius 1 is 1.47 bits per heavy atom. The number of fused-ring (bicyclic) bond motifs is 3. The van der Waals surface area contributed by atoms with Crippen LogP contribution in [0.1, 0.15) is 11.1 Å². The van der Waals surface area contributed by atoms with E-state index in [1.165, 1.54) is 11.1 Å². The van der Waals surface area contributed by atoms with Crippen molar-refractivity contribution >= 4 is 28.7 Å². The van der Waals surface area contributed by atoms with E-state index in [9.17, 15) is 9.59 Å². The first-order valence-corrected chi connectivity index (χ1v) is 6.12. The molecule has 0 bridgehead atoms. The normalized spacial score (nSPS) is 14.5. The smallest absolute Gasteiger partial charge is 0.407 e. The standard InChI is InChI=1S/C12H10ClN3O3/c13-8-1-3-14-10-9(8)6-2-4-16(12(18)19)5-7(6)11(17)15-10/h1,3H,2,4-5H2,(H,18,19)(H,14,15,17). The third kappa shape index (κ3) is 1.84. The number of hydrogen-bond donors (Lipinski definition) is 2. The summed E-state index contributed by atoms with van der Waals surface area (Å²) in [4.78, 5) is 30.9. The van der Waals surface area contributed by atoms with Crippen LogP contribution >= 0.6 is 11.6 Å². The monoisotopic (exact) mass is 279 g/mol. The third-order valence-electron chi connectivity index (χ3n) is 3.32. The van der Waals surface area contributed by atoms with Crippen LogP contribution in [-0.4, -0.2) is 32.6 Å². The predicted octanol–water partition coefficient (Wildman–Crippen LogP) is 1.61. The van der Waals surface area contributed by atoms with E-state index in [1.807, 2.05) is 0 Å². The van der Waals surface area contributed by atoms with Gasteiger partial charge in [0.05, 0.1) is 11.6 Å². The lowest BCUT2D eigenvalue weighted by atomic mass is 9.98. The molecule has 0 aliphatic carbocycles. The highest BCUT2D eigenvalue weighted by Gasteiger charge is 2.25. The summed E-state index contributed by atoms with van der Waals surface area (Å²) >= 11 is 6.15. The van der Waals surface area contributed by atoms with Crippen LogP contribution in [0.3, 0.4) is 0 Å². The van der Waals surface area contributed by atoms with E-state index in [-0.39, 0.29) is 12.1 Å². The fourth-order valence-corrected chi connectivity index (χ4v) is 2.67. The topological polar surface area (TPSA) is 86.3 Å². The summed E-state index contributed by atoms with van der Waals surface area (Å²) in [6, 6.07) is 1.66. The Morgan fingerprint density at radius 3 is 3.00 bits per heavy atom. The van der Waals surface area contributed by atoms with Crippen LogP contribution in [0.25, 0.3) is 11.0 Å². The fraction of sp³-hybridized carbons (Fsp3) is 0.250. The molecular weight excluding hydrogens is 270 g/mol. The molecule has 0 atom stereocenters. The van der Waals surface area contributed by atoms with Gasteiger partial charge >= 0.3 is 6.09 Å². The lowest BCUT2D eigenvalue weighted by molar-refractivity contribution is 0.140. The predicted molar refractivity (Wildman–Crippen MR) is 69.5 cm³/mol. The molecule has 3 heterocycles. The highest BCUT2D eigenvalue weighted by Crippen LogP contribution is 2.28. The molecule has 3 rings (SSSR count). The quantitative estimate of drug-likeness (QED) is 0.767. The van der Waals surface area contributed by atoms with Crippen molar-refractivity contribution in [1.29, 1.82) is 0 Å². The van der Waals surface area contributed by atoms with Crippen molar-refractivity contribution in [3.63, 3.8) is 0 Å². The van der Waals surface area contributed by atoms with Gasteiger partial charge in [-0.2, -0.15) is 0 Å². The zero-order chi connectivity index (χ0) is 13.6. The van der Waals surface area contributed by atoms with Crippen molar-refractivity contribution in [2.75, 3.05) is 6.54 Å². The molecule has 2 N–H and O–H groups in total. The Bertz CT molecular complexity index is 741. The van der Waals surface area contributed by atoms with Gasteiger partial charge in [-0.25, -0.2) is 9.78 Å². The average Bonchev–Trinajstić information content (AvgIpc) is 2.38. The number of nitrogens with zero attached hydrogens (tertiary/aromatic N) is 2. The number of halogens is 1. The van der Waals surface area contributed by atoms with Crippen molar-refractivity contribution < 1.29 is 9.90 Å². The molecule has 0 aromatic carbocycles. The summed E-state index contributed by atoms with van der Waals surface area (Å²) in [6.07, 6.45) is 0.967. The van der Waals surface area contributed by atoms with Crippen molar-refractivity contribution in [2.24, 2.45) is 0 Å². The van der Waals surface area contributed by atoms with Gasteiger partial charge < -0.3 is 15.0 Å². The summed E-state index contributed by atoms with van der Waals surface area (Å²) in [6.45, 7) is 0.438. The maximum Gasteiger partial charge on any atom is 0.407 e. The Hall–Kier alpha value is -2.08. The SMILES string of the molecule is O=C(O)N1CCc2c(c(=O)[nH]c3nccc(Cl)c23)C1. The minimum Gasteiger partial charge on any atom is -0.465 e.